The summed E-state index contributed by atoms with van der Waals surface area (Å²) in [6.07, 6.45) is 3.09. The van der Waals surface area contributed by atoms with Crippen LogP contribution in [0.1, 0.15) is 42.6 Å². The minimum Gasteiger partial charge on any atom is -0.494 e. The maximum Gasteiger partial charge on any atom is 0.257 e. The van der Waals surface area contributed by atoms with Gasteiger partial charge in [-0.25, -0.2) is 4.99 Å². The fraction of sp³-hybridized carbons (Fsp3) is 0.391. The lowest BCUT2D eigenvalue weighted by atomic mass is 10.1. The summed E-state index contributed by atoms with van der Waals surface area (Å²) in [5.74, 6) is 1.02. The van der Waals surface area contributed by atoms with Gasteiger partial charge in [0.05, 0.1) is 19.3 Å². The number of carbonyl (C=O) groups is 1. The van der Waals surface area contributed by atoms with Gasteiger partial charge in [-0.1, -0.05) is 19.1 Å². The highest BCUT2D eigenvalue weighted by atomic mass is 16.5. The molecule has 2 N–H and O–H groups in total. The normalized spacial score (nSPS) is 16.5. The predicted octanol–water partition coefficient (Wildman–Crippen LogP) is 4.02. The first-order valence-electron chi connectivity index (χ1n) is 10.2. The van der Waals surface area contributed by atoms with Crippen molar-refractivity contribution in [2.75, 3.05) is 25.1 Å². The monoisotopic (exact) mass is 395 g/mol. The molecule has 0 saturated carbocycles. The van der Waals surface area contributed by atoms with Crippen LogP contribution in [0.4, 0.5) is 5.69 Å². The fourth-order valence-electron chi connectivity index (χ4n) is 3.10. The van der Waals surface area contributed by atoms with Gasteiger partial charge in [0.25, 0.3) is 5.91 Å². The van der Waals surface area contributed by atoms with E-state index in [1.54, 1.807) is 0 Å². The molecule has 0 spiro atoms. The molecule has 29 heavy (non-hydrogen) atoms. The first-order chi connectivity index (χ1) is 14.2. The van der Waals surface area contributed by atoms with E-state index in [4.69, 9.17) is 9.47 Å². The van der Waals surface area contributed by atoms with Crippen molar-refractivity contribution in [3.63, 3.8) is 0 Å². The number of amides is 1. The fourth-order valence-corrected chi connectivity index (χ4v) is 3.10. The summed E-state index contributed by atoms with van der Waals surface area (Å²) >= 11 is 0. The van der Waals surface area contributed by atoms with Crippen molar-refractivity contribution < 1.29 is 14.3 Å². The number of hydrogen-bond donors (Lipinski definition) is 2. The lowest BCUT2D eigenvalue weighted by Gasteiger charge is -2.14. The number of nitrogens with zero attached hydrogens (tertiary/aromatic N) is 1. The van der Waals surface area contributed by atoms with Crippen molar-refractivity contribution in [2.45, 2.75) is 39.2 Å². The second-order valence-corrected chi connectivity index (χ2v) is 6.91. The van der Waals surface area contributed by atoms with Crippen LogP contribution < -0.4 is 15.4 Å². The van der Waals surface area contributed by atoms with Gasteiger partial charge in [-0.2, -0.15) is 0 Å². The second kappa shape index (κ2) is 10.6. The Morgan fingerprint density at radius 2 is 1.90 bits per heavy atom. The molecule has 1 atom stereocenters. The van der Waals surface area contributed by atoms with Gasteiger partial charge in [-0.15, -0.1) is 0 Å². The van der Waals surface area contributed by atoms with Crippen LogP contribution in [-0.4, -0.2) is 37.7 Å². The topological polar surface area (TPSA) is 71.9 Å². The molecule has 3 rings (SSSR count). The van der Waals surface area contributed by atoms with Crippen LogP contribution >= 0.6 is 0 Å². The van der Waals surface area contributed by atoms with Crippen LogP contribution in [-0.2, 0) is 11.2 Å². The molecule has 1 aliphatic rings. The number of hydrogen-bond acceptors (Lipinski definition) is 4. The molecule has 0 radical (unpaired) electrons. The SMILES string of the molecule is CCOc1ccc(NC(=NC[C@@H]2CCCO2)NC(=O)c2ccc(CC)cc2)cc1. The van der Waals surface area contributed by atoms with E-state index in [0.29, 0.717) is 24.7 Å². The molecule has 154 valence electrons. The smallest absolute Gasteiger partial charge is 0.257 e. The maximum absolute atomic E-state index is 12.7. The highest BCUT2D eigenvalue weighted by molar-refractivity contribution is 6.10. The maximum atomic E-state index is 12.7. The summed E-state index contributed by atoms with van der Waals surface area (Å²) in [6, 6.07) is 15.2. The first-order valence-corrected chi connectivity index (χ1v) is 10.2. The molecule has 1 amide bonds. The van der Waals surface area contributed by atoms with E-state index in [2.05, 4.69) is 22.5 Å². The van der Waals surface area contributed by atoms with E-state index in [9.17, 15) is 4.79 Å². The zero-order chi connectivity index (χ0) is 20.5. The van der Waals surface area contributed by atoms with Crippen LogP contribution in [0.5, 0.6) is 5.75 Å². The number of ether oxygens (including phenoxy) is 2. The summed E-state index contributed by atoms with van der Waals surface area (Å²) < 4.78 is 11.1. The van der Waals surface area contributed by atoms with E-state index in [0.717, 1.165) is 37.3 Å². The van der Waals surface area contributed by atoms with Crippen LogP contribution in [0.3, 0.4) is 0 Å². The Balaban J connectivity index is 1.70. The number of benzene rings is 2. The van der Waals surface area contributed by atoms with Gasteiger partial charge in [0, 0.05) is 17.9 Å². The van der Waals surface area contributed by atoms with E-state index >= 15 is 0 Å². The number of carbonyl (C=O) groups excluding carboxylic acids is 1. The van der Waals surface area contributed by atoms with Crippen molar-refractivity contribution >= 4 is 17.6 Å². The molecule has 0 bridgehead atoms. The molecule has 0 unspecified atom stereocenters. The van der Waals surface area contributed by atoms with Crippen LogP contribution in [0.25, 0.3) is 0 Å². The Morgan fingerprint density at radius 1 is 1.14 bits per heavy atom. The minimum absolute atomic E-state index is 0.105. The Hall–Kier alpha value is -2.86. The highest BCUT2D eigenvalue weighted by Gasteiger charge is 2.16. The third-order valence-corrected chi connectivity index (χ3v) is 4.76. The van der Waals surface area contributed by atoms with Crippen LogP contribution in [0.15, 0.2) is 53.5 Å². The number of rotatable bonds is 7. The third kappa shape index (κ3) is 6.32. The average molecular weight is 396 g/mol. The molecular weight excluding hydrogens is 366 g/mol. The van der Waals surface area contributed by atoms with Gasteiger partial charge in [-0.3, -0.25) is 10.1 Å². The molecule has 0 aromatic heterocycles. The van der Waals surface area contributed by atoms with Gasteiger partial charge in [0.1, 0.15) is 5.75 Å². The lowest BCUT2D eigenvalue weighted by molar-refractivity contribution is 0.0975. The van der Waals surface area contributed by atoms with Crippen LogP contribution in [0, 0.1) is 0 Å². The largest absolute Gasteiger partial charge is 0.494 e. The molecule has 6 heteroatoms. The summed E-state index contributed by atoms with van der Waals surface area (Å²) in [4.78, 5) is 17.3. The first kappa shape index (κ1) is 20.9. The standard InChI is InChI=1S/C23H29N3O3/c1-3-17-7-9-18(10-8-17)22(27)26-23(24-16-21-6-5-15-29-21)25-19-11-13-20(14-12-19)28-4-2/h7-14,21H,3-6,15-16H2,1-2H3,(H2,24,25,26,27)/t21-/m0/s1. The molecule has 1 fully saturated rings. The molecule has 1 aliphatic heterocycles. The zero-order valence-corrected chi connectivity index (χ0v) is 17.1. The highest BCUT2D eigenvalue weighted by Crippen LogP contribution is 2.16. The Morgan fingerprint density at radius 3 is 2.52 bits per heavy atom. The van der Waals surface area contributed by atoms with Gasteiger partial charge in [0.2, 0.25) is 5.96 Å². The number of aryl methyl sites for hydroxylation is 1. The van der Waals surface area contributed by atoms with Crippen molar-refractivity contribution in [1.82, 2.24) is 5.32 Å². The molecule has 1 heterocycles. The summed E-state index contributed by atoms with van der Waals surface area (Å²) in [7, 11) is 0. The summed E-state index contributed by atoms with van der Waals surface area (Å²) in [5, 5.41) is 6.10. The number of anilines is 1. The minimum atomic E-state index is -0.197. The molecule has 0 aliphatic carbocycles. The number of aliphatic imine (C=N–C) groups is 1. The lowest BCUT2D eigenvalue weighted by Crippen LogP contribution is -2.36. The third-order valence-electron chi connectivity index (χ3n) is 4.76. The summed E-state index contributed by atoms with van der Waals surface area (Å²) in [6.45, 7) is 5.94. The second-order valence-electron chi connectivity index (χ2n) is 6.91. The molecule has 2 aromatic carbocycles. The number of nitrogens with one attached hydrogen (secondary N) is 2. The molecule has 1 saturated heterocycles. The Labute approximate surface area is 172 Å². The van der Waals surface area contributed by atoms with Gasteiger partial charge >= 0.3 is 0 Å². The predicted molar refractivity (Wildman–Crippen MR) is 116 cm³/mol. The van der Waals surface area contributed by atoms with E-state index in [1.165, 1.54) is 5.56 Å². The van der Waals surface area contributed by atoms with E-state index in [1.807, 2.05) is 55.5 Å². The Bertz CT molecular complexity index is 810. The quantitative estimate of drug-likeness (QED) is 0.549. The van der Waals surface area contributed by atoms with Crippen molar-refractivity contribution in [3.05, 3.63) is 59.7 Å². The van der Waals surface area contributed by atoms with Gasteiger partial charge in [-0.05, 0) is 68.1 Å². The molecular formula is C23H29N3O3. The molecule has 2 aromatic rings. The van der Waals surface area contributed by atoms with Crippen molar-refractivity contribution in [1.29, 1.82) is 0 Å². The Kier molecular flexibility index (Phi) is 7.64. The van der Waals surface area contributed by atoms with Gasteiger partial charge in [0.15, 0.2) is 0 Å². The van der Waals surface area contributed by atoms with Crippen molar-refractivity contribution in [3.8, 4) is 5.75 Å². The average Bonchev–Trinajstić information content (AvgIpc) is 3.27. The van der Waals surface area contributed by atoms with Crippen LogP contribution in [0.2, 0.25) is 0 Å². The van der Waals surface area contributed by atoms with Crippen molar-refractivity contribution in [2.24, 2.45) is 4.99 Å². The zero-order valence-electron chi connectivity index (χ0n) is 17.1. The summed E-state index contributed by atoms with van der Waals surface area (Å²) in [5.41, 5.74) is 2.61. The number of guanidine groups is 1. The van der Waals surface area contributed by atoms with E-state index < -0.39 is 0 Å². The van der Waals surface area contributed by atoms with Gasteiger partial charge < -0.3 is 14.8 Å². The van der Waals surface area contributed by atoms with E-state index in [-0.39, 0.29) is 12.0 Å². The molecule has 6 nitrogen and oxygen atoms in total.